The Labute approximate surface area is 359 Å². The van der Waals surface area contributed by atoms with Gasteiger partial charge in [-0.15, -0.1) is 11.3 Å². The monoisotopic (exact) mass is 806 g/mol. The van der Waals surface area contributed by atoms with Crippen LogP contribution in [0, 0.1) is 0 Å². The SMILES string of the molecule is c1ccc(-c2ccc3c(c2)c2ccc4c(c5ccccc5n4-c4ccc5ccccc5c4)c2n3-c2ccc3sc4c(-c5cccc6oc7ccccc7c56)cccc4c3c2)cc1. The highest BCUT2D eigenvalue weighted by Gasteiger charge is 2.23. The Morgan fingerprint density at radius 2 is 1.06 bits per heavy atom. The van der Waals surface area contributed by atoms with Gasteiger partial charge in [-0.25, -0.2) is 0 Å². The molecule has 14 rings (SSSR count). The van der Waals surface area contributed by atoms with Crippen LogP contribution >= 0.6 is 11.3 Å². The van der Waals surface area contributed by atoms with Crippen molar-refractivity contribution in [3.63, 3.8) is 0 Å². The molecule has 0 aliphatic rings. The predicted molar refractivity (Wildman–Crippen MR) is 264 cm³/mol. The summed E-state index contributed by atoms with van der Waals surface area (Å²) >= 11 is 1.88. The Morgan fingerprint density at radius 1 is 0.355 bits per heavy atom. The molecule has 0 bridgehead atoms. The van der Waals surface area contributed by atoms with Crippen molar-refractivity contribution in [3.05, 3.63) is 206 Å². The number of rotatable bonds is 4. The molecule has 14 aromatic rings. The first-order chi connectivity index (χ1) is 30.7. The van der Waals surface area contributed by atoms with Gasteiger partial charge in [0, 0.05) is 69.4 Å². The van der Waals surface area contributed by atoms with Gasteiger partial charge in [-0.3, -0.25) is 0 Å². The lowest BCUT2D eigenvalue weighted by molar-refractivity contribution is 0.669. The summed E-state index contributed by atoms with van der Waals surface area (Å²) in [4.78, 5) is 0. The molecule has 4 heteroatoms. The smallest absolute Gasteiger partial charge is 0.136 e. The van der Waals surface area contributed by atoms with Crippen LogP contribution in [0.15, 0.2) is 211 Å². The van der Waals surface area contributed by atoms with Gasteiger partial charge in [-0.1, -0.05) is 140 Å². The van der Waals surface area contributed by atoms with Crippen molar-refractivity contribution < 1.29 is 4.42 Å². The van der Waals surface area contributed by atoms with Crippen molar-refractivity contribution in [2.24, 2.45) is 0 Å². The number of aromatic nitrogens is 2. The van der Waals surface area contributed by atoms with Gasteiger partial charge in [0.25, 0.3) is 0 Å². The topological polar surface area (TPSA) is 23.0 Å². The predicted octanol–water partition coefficient (Wildman–Crippen LogP) is 16.6. The summed E-state index contributed by atoms with van der Waals surface area (Å²) in [6, 6.07) is 75.5. The minimum atomic E-state index is 0.916. The molecule has 0 aliphatic heterocycles. The van der Waals surface area contributed by atoms with Crippen LogP contribution in [0.5, 0.6) is 0 Å². The standard InChI is InChI=1S/C58H34N2OS/c1-2-12-35(13-3-1)38-25-29-50-47(33-38)42-28-30-51-56(45-16-6-8-21-49(45)59(51)39-26-24-36-14-4-5-15-37(36)32-39)57(42)60(50)40-27-31-54-48(34-40)44-20-10-19-43(58(44)62-54)41-18-11-23-53-55(41)46-17-7-9-22-52(46)61-53/h1-34H. The summed E-state index contributed by atoms with van der Waals surface area (Å²) in [5.41, 5.74) is 13.8. The number of furan rings is 1. The van der Waals surface area contributed by atoms with E-state index in [0.717, 1.165) is 27.9 Å². The van der Waals surface area contributed by atoms with E-state index in [0.29, 0.717) is 0 Å². The molecule has 0 aliphatic carbocycles. The van der Waals surface area contributed by atoms with Crippen LogP contribution in [-0.2, 0) is 0 Å². The third kappa shape index (κ3) is 4.75. The molecule has 0 saturated carbocycles. The van der Waals surface area contributed by atoms with Gasteiger partial charge in [-0.2, -0.15) is 0 Å². The quantitative estimate of drug-likeness (QED) is 0.174. The van der Waals surface area contributed by atoms with Crippen molar-refractivity contribution in [2.45, 2.75) is 0 Å². The molecule has 0 N–H and O–H groups in total. The zero-order chi connectivity index (χ0) is 40.5. The fourth-order valence-corrected chi connectivity index (χ4v) is 11.6. The van der Waals surface area contributed by atoms with Crippen molar-refractivity contribution >= 4 is 108 Å². The molecule has 0 spiro atoms. The number of thiophene rings is 1. The number of fused-ring (bicyclic) bond motifs is 14. The summed E-state index contributed by atoms with van der Waals surface area (Å²) in [7, 11) is 0. The Bertz CT molecular complexity index is 4160. The van der Waals surface area contributed by atoms with E-state index in [4.69, 9.17) is 4.42 Å². The maximum Gasteiger partial charge on any atom is 0.136 e. The molecular weight excluding hydrogens is 773 g/mol. The highest BCUT2D eigenvalue weighted by atomic mass is 32.1. The number of benzene rings is 10. The molecule has 62 heavy (non-hydrogen) atoms. The van der Waals surface area contributed by atoms with Crippen molar-refractivity contribution in [1.29, 1.82) is 0 Å². The Balaban J connectivity index is 1.06. The van der Waals surface area contributed by atoms with E-state index < -0.39 is 0 Å². The van der Waals surface area contributed by atoms with E-state index in [1.54, 1.807) is 0 Å². The molecule has 4 heterocycles. The number of para-hydroxylation sites is 2. The second kappa shape index (κ2) is 12.8. The molecular formula is C58H34N2OS. The van der Waals surface area contributed by atoms with Gasteiger partial charge in [0.1, 0.15) is 11.2 Å². The number of hydrogen-bond acceptors (Lipinski definition) is 2. The van der Waals surface area contributed by atoms with Crippen LogP contribution < -0.4 is 0 Å². The Hall–Kier alpha value is -7.92. The second-order valence-corrected chi connectivity index (χ2v) is 17.5. The van der Waals surface area contributed by atoms with Crippen LogP contribution in [-0.4, -0.2) is 9.13 Å². The largest absolute Gasteiger partial charge is 0.456 e. The maximum atomic E-state index is 6.35. The fraction of sp³-hybridized carbons (Fsp3) is 0. The molecule has 288 valence electrons. The van der Waals surface area contributed by atoms with E-state index in [1.165, 1.54) is 102 Å². The van der Waals surface area contributed by atoms with Crippen LogP contribution in [0.3, 0.4) is 0 Å². The molecule has 0 fully saturated rings. The first-order valence-corrected chi connectivity index (χ1v) is 22.0. The van der Waals surface area contributed by atoms with Crippen molar-refractivity contribution in [1.82, 2.24) is 9.13 Å². The highest BCUT2D eigenvalue weighted by Crippen LogP contribution is 2.47. The summed E-state index contributed by atoms with van der Waals surface area (Å²) < 4.78 is 13.9. The van der Waals surface area contributed by atoms with Crippen LogP contribution in [0.25, 0.3) is 130 Å². The average molecular weight is 807 g/mol. The second-order valence-electron chi connectivity index (χ2n) is 16.4. The van der Waals surface area contributed by atoms with Crippen molar-refractivity contribution in [2.75, 3.05) is 0 Å². The third-order valence-corrected chi connectivity index (χ3v) is 14.3. The summed E-state index contributed by atoms with van der Waals surface area (Å²) in [5, 5.41) is 12.3. The maximum absolute atomic E-state index is 6.35. The van der Waals surface area contributed by atoms with Gasteiger partial charge in [-0.05, 0) is 94.2 Å². The van der Waals surface area contributed by atoms with Gasteiger partial charge < -0.3 is 13.6 Å². The van der Waals surface area contributed by atoms with E-state index in [2.05, 4.69) is 209 Å². The van der Waals surface area contributed by atoms with E-state index in [9.17, 15) is 0 Å². The van der Waals surface area contributed by atoms with E-state index in [-0.39, 0.29) is 0 Å². The molecule has 4 aromatic heterocycles. The summed E-state index contributed by atoms with van der Waals surface area (Å²) in [5.74, 6) is 0. The first kappa shape index (κ1) is 33.9. The Kier molecular flexibility index (Phi) is 6.99. The molecule has 3 nitrogen and oxygen atoms in total. The number of nitrogens with zero attached hydrogens (tertiary/aromatic N) is 2. The lowest BCUT2D eigenvalue weighted by Gasteiger charge is -2.11. The van der Waals surface area contributed by atoms with Crippen LogP contribution in [0.2, 0.25) is 0 Å². The molecule has 10 aromatic carbocycles. The van der Waals surface area contributed by atoms with Crippen molar-refractivity contribution in [3.8, 4) is 33.6 Å². The van der Waals surface area contributed by atoms with E-state index in [1.807, 2.05) is 17.4 Å². The van der Waals surface area contributed by atoms with Crippen LogP contribution in [0.4, 0.5) is 0 Å². The molecule has 0 amide bonds. The lowest BCUT2D eigenvalue weighted by atomic mass is 9.98. The minimum Gasteiger partial charge on any atom is -0.456 e. The fourth-order valence-electron chi connectivity index (χ4n) is 10.4. The normalized spacial score (nSPS) is 12.2. The summed E-state index contributed by atoms with van der Waals surface area (Å²) in [6.45, 7) is 0. The van der Waals surface area contributed by atoms with Gasteiger partial charge in [0.05, 0.1) is 22.1 Å². The zero-order valence-corrected chi connectivity index (χ0v) is 34.2. The van der Waals surface area contributed by atoms with Gasteiger partial charge in [0.15, 0.2) is 0 Å². The molecule has 0 radical (unpaired) electrons. The van der Waals surface area contributed by atoms with E-state index >= 15 is 0 Å². The summed E-state index contributed by atoms with van der Waals surface area (Å²) in [6.07, 6.45) is 0. The Morgan fingerprint density at radius 3 is 2.00 bits per heavy atom. The van der Waals surface area contributed by atoms with Gasteiger partial charge in [0.2, 0.25) is 0 Å². The third-order valence-electron chi connectivity index (χ3n) is 13.1. The number of hydrogen-bond donors (Lipinski definition) is 0. The molecule has 0 saturated heterocycles. The minimum absolute atomic E-state index is 0.916. The van der Waals surface area contributed by atoms with Crippen LogP contribution in [0.1, 0.15) is 0 Å². The molecule has 0 atom stereocenters. The lowest BCUT2D eigenvalue weighted by Crippen LogP contribution is -1.95. The highest BCUT2D eigenvalue weighted by molar-refractivity contribution is 7.26. The molecule has 0 unspecified atom stereocenters. The van der Waals surface area contributed by atoms with Gasteiger partial charge >= 0.3 is 0 Å². The zero-order valence-electron chi connectivity index (χ0n) is 33.3. The average Bonchev–Trinajstić information content (AvgIpc) is 4.09. The first-order valence-electron chi connectivity index (χ1n) is 21.2.